The van der Waals surface area contributed by atoms with Crippen molar-refractivity contribution in [2.75, 3.05) is 18.4 Å². The Bertz CT molecular complexity index is 1180. The molecule has 1 fully saturated rings. The smallest absolute Gasteiger partial charge is 0.410 e. The summed E-state index contributed by atoms with van der Waals surface area (Å²) in [6.45, 7) is 8.84. The lowest BCUT2D eigenvalue weighted by atomic mass is 10.0. The van der Waals surface area contributed by atoms with Gasteiger partial charge in [0.05, 0.1) is 5.69 Å². The van der Waals surface area contributed by atoms with Crippen LogP contribution >= 0.6 is 27.5 Å². The first-order valence-electron chi connectivity index (χ1n) is 11.5. The lowest BCUT2D eigenvalue weighted by Gasteiger charge is -2.26. The van der Waals surface area contributed by atoms with Gasteiger partial charge >= 0.3 is 6.09 Å². The van der Waals surface area contributed by atoms with Crippen molar-refractivity contribution in [3.05, 3.63) is 46.6 Å². The number of likely N-dealkylation sites (tertiary alicyclic amines) is 1. The lowest BCUT2D eigenvalue weighted by molar-refractivity contribution is 0.0256. The third-order valence-corrected chi connectivity index (χ3v) is 6.49. The Morgan fingerprint density at radius 3 is 2.83 bits per heavy atom. The largest absolute Gasteiger partial charge is 0.452 e. The highest BCUT2D eigenvalue weighted by atomic mass is 79.9. The van der Waals surface area contributed by atoms with E-state index in [0.29, 0.717) is 35.5 Å². The molecule has 0 saturated carbocycles. The van der Waals surface area contributed by atoms with Crippen molar-refractivity contribution in [2.24, 2.45) is 0 Å². The number of hydrogen-bond acceptors (Lipinski definition) is 9. The lowest BCUT2D eigenvalue weighted by Crippen LogP contribution is -2.37. The Labute approximate surface area is 217 Å². The van der Waals surface area contributed by atoms with Crippen LogP contribution in [0.2, 0.25) is 0 Å². The van der Waals surface area contributed by atoms with Crippen molar-refractivity contribution < 1.29 is 14.3 Å². The number of halogens is 1. The highest BCUT2D eigenvalue weighted by Gasteiger charge is 2.27. The summed E-state index contributed by atoms with van der Waals surface area (Å²) in [5.41, 5.74) is 0.282. The van der Waals surface area contributed by atoms with E-state index in [2.05, 4.69) is 35.6 Å². The van der Waals surface area contributed by atoms with Crippen molar-refractivity contribution in [3.8, 4) is 11.5 Å². The number of carbonyl (C=O) groups excluding carboxylic acids is 1. The van der Waals surface area contributed by atoms with E-state index in [0.717, 1.165) is 35.3 Å². The topological polar surface area (TPSA) is 102 Å². The van der Waals surface area contributed by atoms with Crippen LogP contribution in [-0.2, 0) is 4.74 Å². The van der Waals surface area contributed by atoms with E-state index in [1.54, 1.807) is 17.3 Å². The fourth-order valence-electron chi connectivity index (χ4n) is 3.70. The number of rotatable bonds is 5. The molecule has 4 rings (SSSR count). The summed E-state index contributed by atoms with van der Waals surface area (Å²) >= 11 is 4.75. The Hall–Kier alpha value is -2.79. The van der Waals surface area contributed by atoms with Gasteiger partial charge in [-0.1, -0.05) is 0 Å². The fourth-order valence-corrected chi connectivity index (χ4v) is 4.66. The molecule has 0 aliphatic carbocycles. The van der Waals surface area contributed by atoms with Gasteiger partial charge in [-0.3, -0.25) is 4.98 Å². The second-order valence-electron chi connectivity index (χ2n) is 9.37. The molecular weight excluding hydrogens is 532 g/mol. The highest BCUT2D eigenvalue weighted by molar-refractivity contribution is 9.10. The number of carbonyl (C=O) groups is 1. The zero-order valence-electron chi connectivity index (χ0n) is 20.2. The van der Waals surface area contributed by atoms with Crippen molar-refractivity contribution in [1.82, 2.24) is 24.2 Å². The molecule has 1 amide bonds. The Morgan fingerprint density at radius 2 is 2.06 bits per heavy atom. The Morgan fingerprint density at radius 1 is 1.23 bits per heavy atom. The number of aromatic nitrogens is 4. The van der Waals surface area contributed by atoms with Gasteiger partial charge in [-0.25, -0.2) is 14.8 Å². The summed E-state index contributed by atoms with van der Waals surface area (Å²) in [7, 11) is 0. The number of pyridine rings is 2. The standard InChI is InChI=1S/C24H29BrN6O3S/c1-15-18(8-5-10-26-15)33-19-13-17(25)14-27-21(19)29-22-28-20(30-35-22)16-7-6-11-31(12-9-16)23(32)34-24(2,3)4/h5,8,10,13-14,16H,6-7,9,11-12H2,1-4H3,(H,27,28,29,30). The number of hydrogen-bond donors (Lipinski definition) is 1. The van der Waals surface area contributed by atoms with E-state index in [4.69, 9.17) is 14.5 Å². The van der Waals surface area contributed by atoms with Crippen LogP contribution in [0.15, 0.2) is 35.1 Å². The van der Waals surface area contributed by atoms with Crippen molar-refractivity contribution in [2.45, 2.75) is 58.5 Å². The number of ether oxygens (including phenoxy) is 2. The molecule has 1 unspecified atom stereocenters. The molecule has 9 nitrogen and oxygen atoms in total. The Balaban J connectivity index is 1.43. The van der Waals surface area contributed by atoms with E-state index < -0.39 is 5.60 Å². The van der Waals surface area contributed by atoms with Crippen molar-refractivity contribution in [1.29, 1.82) is 0 Å². The molecule has 186 valence electrons. The van der Waals surface area contributed by atoms with E-state index in [9.17, 15) is 4.79 Å². The van der Waals surface area contributed by atoms with Gasteiger partial charge in [0.1, 0.15) is 17.2 Å². The minimum Gasteiger partial charge on any atom is -0.452 e. The zero-order valence-corrected chi connectivity index (χ0v) is 22.6. The molecule has 0 aromatic carbocycles. The summed E-state index contributed by atoms with van der Waals surface area (Å²) in [6, 6.07) is 5.54. The number of nitrogens with zero attached hydrogens (tertiary/aromatic N) is 5. The maximum absolute atomic E-state index is 12.5. The van der Waals surface area contributed by atoms with E-state index in [1.165, 1.54) is 11.5 Å². The third kappa shape index (κ3) is 6.88. The minimum atomic E-state index is -0.501. The van der Waals surface area contributed by atoms with Gasteiger partial charge in [-0.05, 0) is 75.0 Å². The fraction of sp³-hybridized carbons (Fsp3) is 0.458. The molecule has 1 aliphatic heterocycles. The molecule has 35 heavy (non-hydrogen) atoms. The summed E-state index contributed by atoms with van der Waals surface area (Å²) in [5, 5.41) is 3.89. The van der Waals surface area contributed by atoms with Crippen LogP contribution in [-0.4, -0.2) is 49.0 Å². The highest BCUT2D eigenvalue weighted by Crippen LogP contribution is 2.35. The van der Waals surface area contributed by atoms with Crippen LogP contribution < -0.4 is 10.1 Å². The maximum Gasteiger partial charge on any atom is 0.410 e. The van der Waals surface area contributed by atoms with E-state index in [1.807, 2.05) is 45.9 Å². The van der Waals surface area contributed by atoms with Crippen LogP contribution in [0.5, 0.6) is 11.5 Å². The number of anilines is 2. The van der Waals surface area contributed by atoms with Crippen LogP contribution in [0.25, 0.3) is 0 Å². The summed E-state index contributed by atoms with van der Waals surface area (Å²) in [5.74, 6) is 2.71. The molecule has 11 heteroatoms. The van der Waals surface area contributed by atoms with Gasteiger partial charge in [0.25, 0.3) is 0 Å². The maximum atomic E-state index is 12.5. The van der Waals surface area contributed by atoms with Gasteiger partial charge in [0, 0.05) is 53.5 Å². The molecule has 3 aromatic heterocycles. The van der Waals surface area contributed by atoms with Gasteiger partial charge in [0.15, 0.2) is 11.6 Å². The van der Waals surface area contributed by atoms with Gasteiger partial charge in [-0.2, -0.15) is 4.37 Å². The number of nitrogens with one attached hydrogen (secondary N) is 1. The Kier molecular flexibility index (Phi) is 7.85. The SMILES string of the molecule is Cc1ncccc1Oc1cc(Br)cnc1Nc1nc(C2CCCN(C(=O)OC(C)(C)C)CC2)ns1. The predicted octanol–water partition coefficient (Wildman–Crippen LogP) is 6.44. The minimum absolute atomic E-state index is 0.181. The first-order chi connectivity index (χ1) is 16.7. The molecule has 0 spiro atoms. The third-order valence-electron chi connectivity index (χ3n) is 5.41. The van der Waals surface area contributed by atoms with Gasteiger partial charge < -0.3 is 19.7 Å². The molecule has 1 N–H and O–H groups in total. The molecule has 4 heterocycles. The van der Waals surface area contributed by atoms with Crippen LogP contribution in [0.4, 0.5) is 15.7 Å². The molecule has 1 atom stereocenters. The first-order valence-corrected chi connectivity index (χ1v) is 13.1. The van der Waals surface area contributed by atoms with Crippen LogP contribution in [0.3, 0.4) is 0 Å². The van der Waals surface area contributed by atoms with E-state index >= 15 is 0 Å². The number of amides is 1. The number of aryl methyl sites for hydroxylation is 1. The second kappa shape index (κ2) is 10.9. The monoisotopic (exact) mass is 560 g/mol. The van der Waals surface area contributed by atoms with Crippen molar-refractivity contribution in [3.63, 3.8) is 0 Å². The van der Waals surface area contributed by atoms with Crippen LogP contribution in [0.1, 0.15) is 57.5 Å². The van der Waals surface area contributed by atoms with Crippen molar-refractivity contribution >= 4 is 44.5 Å². The quantitative estimate of drug-likeness (QED) is 0.380. The zero-order chi connectivity index (χ0) is 25.0. The second-order valence-corrected chi connectivity index (χ2v) is 11.0. The summed E-state index contributed by atoms with van der Waals surface area (Å²) in [4.78, 5) is 27.7. The van der Waals surface area contributed by atoms with Crippen LogP contribution in [0, 0.1) is 6.92 Å². The van der Waals surface area contributed by atoms with E-state index in [-0.39, 0.29) is 12.0 Å². The average molecular weight is 562 g/mol. The molecular formula is C24H29BrN6O3S. The van der Waals surface area contributed by atoms with Gasteiger partial charge in [-0.15, -0.1) is 0 Å². The molecule has 1 aliphatic rings. The normalized spacial score (nSPS) is 16.5. The molecule has 0 bridgehead atoms. The summed E-state index contributed by atoms with van der Waals surface area (Å²) < 4.78 is 17.0. The molecule has 0 radical (unpaired) electrons. The predicted molar refractivity (Wildman–Crippen MR) is 139 cm³/mol. The molecule has 3 aromatic rings. The van der Waals surface area contributed by atoms with Gasteiger partial charge in [0.2, 0.25) is 5.13 Å². The molecule has 1 saturated heterocycles. The summed E-state index contributed by atoms with van der Waals surface area (Å²) in [6.07, 6.45) is 5.75. The average Bonchev–Trinajstić information content (AvgIpc) is 3.10. The first kappa shape index (κ1) is 25.3.